The number of benzene rings is 2. The van der Waals surface area contributed by atoms with Crippen LogP contribution < -0.4 is 0 Å². The van der Waals surface area contributed by atoms with Crippen LogP contribution in [0.5, 0.6) is 0 Å². The van der Waals surface area contributed by atoms with E-state index in [1.165, 1.54) is 5.56 Å². The molecule has 18 heavy (non-hydrogen) atoms. The molecule has 0 radical (unpaired) electrons. The Morgan fingerprint density at radius 2 is 1.61 bits per heavy atom. The third-order valence-electron chi connectivity index (χ3n) is 3.04. The fraction of sp³-hybridized carbons (Fsp3) is 0.188. The molecule has 1 heterocycles. The summed E-state index contributed by atoms with van der Waals surface area (Å²) in [5.74, 6) is 0.775. The molecule has 0 aromatic heterocycles. The number of hydrogen-bond donors (Lipinski definition) is 0. The fourth-order valence-corrected chi connectivity index (χ4v) is 2.14. The summed E-state index contributed by atoms with van der Waals surface area (Å²) in [5.41, 5.74) is 2.36. The molecule has 2 heteroatoms. The highest BCUT2D eigenvalue weighted by Crippen LogP contribution is 2.15. The first kappa shape index (κ1) is 11.0. The van der Waals surface area contributed by atoms with E-state index in [-0.39, 0.29) is 6.10 Å². The van der Waals surface area contributed by atoms with E-state index in [0.29, 0.717) is 0 Å². The van der Waals surface area contributed by atoms with Crippen LogP contribution in [0.4, 0.5) is 0 Å². The van der Waals surface area contributed by atoms with Gasteiger partial charge in [-0.25, -0.2) is 4.99 Å². The van der Waals surface area contributed by atoms with Crippen molar-refractivity contribution < 1.29 is 4.74 Å². The van der Waals surface area contributed by atoms with Gasteiger partial charge in [0.15, 0.2) is 0 Å². The summed E-state index contributed by atoms with van der Waals surface area (Å²) >= 11 is 0. The van der Waals surface area contributed by atoms with Crippen molar-refractivity contribution in [3.05, 3.63) is 71.8 Å². The van der Waals surface area contributed by atoms with Gasteiger partial charge >= 0.3 is 0 Å². The Morgan fingerprint density at radius 3 is 2.33 bits per heavy atom. The molecule has 90 valence electrons. The Morgan fingerprint density at radius 1 is 0.944 bits per heavy atom. The Bertz CT molecular complexity index is 534. The maximum Gasteiger partial charge on any atom is 0.216 e. The van der Waals surface area contributed by atoms with Gasteiger partial charge in [0.05, 0.1) is 6.54 Å². The van der Waals surface area contributed by atoms with Gasteiger partial charge in [-0.15, -0.1) is 0 Å². The molecule has 2 aromatic rings. The van der Waals surface area contributed by atoms with Crippen LogP contribution in [0, 0.1) is 0 Å². The van der Waals surface area contributed by atoms with Gasteiger partial charge in [0.2, 0.25) is 5.90 Å². The lowest BCUT2D eigenvalue weighted by Crippen LogP contribution is -2.16. The van der Waals surface area contributed by atoms with E-state index in [4.69, 9.17) is 4.74 Å². The fourth-order valence-electron chi connectivity index (χ4n) is 2.14. The zero-order valence-electron chi connectivity index (χ0n) is 10.1. The molecule has 0 unspecified atom stereocenters. The first-order valence-corrected chi connectivity index (χ1v) is 6.22. The summed E-state index contributed by atoms with van der Waals surface area (Å²) in [5, 5.41) is 0. The number of rotatable bonds is 3. The molecule has 0 bridgehead atoms. The molecule has 0 fully saturated rings. The van der Waals surface area contributed by atoms with Crippen LogP contribution in [0.25, 0.3) is 0 Å². The normalized spacial score (nSPS) is 18.2. The molecule has 0 saturated carbocycles. The van der Waals surface area contributed by atoms with E-state index in [2.05, 4.69) is 29.3 Å². The summed E-state index contributed by atoms with van der Waals surface area (Å²) < 4.78 is 5.90. The van der Waals surface area contributed by atoms with Crippen molar-refractivity contribution in [1.82, 2.24) is 0 Å². The van der Waals surface area contributed by atoms with Crippen LogP contribution in [0.1, 0.15) is 11.1 Å². The summed E-state index contributed by atoms with van der Waals surface area (Å²) in [6.07, 6.45) is 1.09. The number of nitrogens with zero attached hydrogens (tertiary/aromatic N) is 1. The summed E-state index contributed by atoms with van der Waals surface area (Å²) in [6.45, 7) is 0.749. The lowest BCUT2D eigenvalue weighted by atomic mass is 10.1. The summed E-state index contributed by atoms with van der Waals surface area (Å²) in [7, 11) is 0. The summed E-state index contributed by atoms with van der Waals surface area (Å²) in [6, 6.07) is 20.5. The summed E-state index contributed by atoms with van der Waals surface area (Å²) in [4.78, 5) is 4.48. The highest BCUT2D eigenvalue weighted by molar-refractivity contribution is 5.95. The molecule has 0 amide bonds. The Hall–Kier alpha value is -2.09. The van der Waals surface area contributed by atoms with Crippen LogP contribution in [0.2, 0.25) is 0 Å². The van der Waals surface area contributed by atoms with E-state index in [0.717, 1.165) is 24.4 Å². The van der Waals surface area contributed by atoms with Gasteiger partial charge in [0, 0.05) is 12.0 Å². The minimum atomic E-state index is 0.169. The van der Waals surface area contributed by atoms with Crippen molar-refractivity contribution in [2.75, 3.05) is 6.54 Å². The Kier molecular flexibility index (Phi) is 3.09. The molecule has 2 aromatic carbocycles. The van der Waals surface area contributed by atoms with E-state index in [1.807, 2.05) is 36.4 Å². The standard InChI is InChI=1S/C16H15NO/c1-3-7-13(8-4-1)11-15-12-17-16(18-15)14-9-5-2-6-10-14/h1-10,15H,11-12H2/t15-/m1/s1. The highest BCUT2D eigenvalue weighted by atomic mass is 16.5. The Balaban J connectivity index is 1.65. The van der Waals surface area contributed by atoms with Gasteiger partial charge < -0.3 is 4.74 Å². The number of aliphatic imine (C=N–C) groups is 1. The van der Waals surface area contributed by atoms with Gasteiger partial charge in [-0.1, -0.05) is 48.5 Å². The van der Waals surface area contributed by atoms with Crippen molar-refractivity contribution in [2.24, 2.45) is 4.99 Å². The molecule has 1 atom stereocenters. The Labute approximate surface area is 107 Å². The lowest BCUT2D eigenvalue weighted by Gasteiger charge is -2.11. The molecule has 0 spiro atoms. The lowest BCUT2D eigenvalue weighted by molar-refractivity contribution is 0.225. The molecular formula is C16H15NO. The van der Waals surface area contributed by atoms with Crippen molar-refractivity contribution in [3.63, 3.8) is 0 Å². The largest absolute Gasteiger partial charge is 0.472 e. The van der Waals surface area contributed by atoms with E-state index < -0.39 is 0 Å². The van der Waals surface area contributed by atoms with Crippen molar-refractivity contribution in [3.8, 4) is 0 Å². The molecule has 0 saturated heterocycles. The van der Waals surface area contributed by atoms with Crippen LogP contribution in [-0.4, -0.2) is 18.5 Å². The van der Waals surface area contributed by atoms with Crippen LogP contribution in [-0.2, 0) is 11.2 Å². The average molecular weight is 237 g/mol. The number of ether oxygens (including phenoxy) is 1. The van der Waals surface area contributed by atoms with E-state index in [1.54, 1.807) is 0 Å². The van der Waals surface area contributed by atoms with Gasteiger partial charge in [-0.3, -0.25) is 0 Å². The molecule has 2 nitrogen and oxygen atoms in total. The van der Waals surface area contributed by atoms with Gasteiger partial charge in [-0.05, 0) is 17.7 Å². The quantitative estimate of drug-likeness (QED) is 0.804. The second-order valence-electron chi connectivity index (χ2n) is 4.44. The van der Waals surface area contributed by atoms with Crippen LogP contribution >= 0.6 is 0 Å². The molecule has 1 aliphatic heterocycles. The maximum atomic E-state index is 5.90. The van der Waals surface area contributed by atoms with Gasteiger partial charge in [-0.2, -0.15) is 0 Å². The minimum Gasteiger partial charge on any atom is -0.472 e. The van der Waals surface area contributed by atoms with E-state index in [9.17, 15) is 0 Å². The second kappa shape index (κ2) is 5.05. The third kappa shape index (κ3) is 2.43. The predicted molar refractivity (Wildman–Crippen MR) is 72.9 cm³/mol. The molecule has 3 rings (SSSR count). The van der Waals surface area contributed by atoms with Crippen LogP contribution in [0.15, 0.2) is 65.7 Å². The first-order chi connectivity index (χ1) is 8.92. The smallest absolute Gasteiger partial charge is 0.216 e. The highest BCUT2D eigenvalue weighted by Gasteiger charge is 2.20. The molecular weight excluding hydrogens is 222 g/mol. The maximum absolute atomic E-state index is 5.90. The van der Waals surface area contributed by atoms with E-state index >= 15 is 0 Å². The zero-order chi connectivity index (χ0) is 12.2. The minimum absolute atomic E-state index is 0.169. The van der Waals surface area contributed by atoms with Gasteiger partial charge in [0.25, 0.3) is 0 Å². The molecule has 1 aliphatic rings. The second-order valence-corrected chi connectivity index (χ2v) is 4.44. The topological polar surface area (TPSA) is 21.6 Å². The van der Waals surface area contributed by atoms with Crippen molar-refractivity contribution in [1.29, 1.82) is 0 Å². The molecule has 0 aliphatic carbocycles. The first-order valence-electron chi connectivity index (χ1n) is 6.22. The third-order valence-corrected chi connectivity index (χ3v) is 3.04. The number of hydrogen-bond acceptors (Lipinski definition) is 2. The van der Waals surface area contributed by atoms with Crippen LogP contribution in [0.3, 0.4) is 0 Å². The molecule has 0 N–H and O–H groups in total. The average Bonchev–Trinajstić information content (AvgIpc) is 2.89. The SMILES string of the molecule is c1ccc(C[C@@H]2CN=C(c3ccccc3)O2)cc1. The van der Waals surface area contributed by atoms with Crippen molar-refractivity contribution >= 4 is 5.90 Å². The predicted octanol–water partition coefficient (Wildman–Crippen LogP) is 3.07. The monoisotopic (exact) mass is 237 g/mol. The zero-order valence-corrected chi connectivity index (χ0v) is 10.1. The van der Waals surface area contributed by atoms with Gasteiger partial charge in [0.1, 0.15) is 6.10 Å². The van der Waals surface area contributed by atoms with Crippen molar-refractivity contribution in [2.45, 2.75) is 12.5 Å².